The highest BCUT2D eigenvalue weighted by atomic mass is 35.5. The first-order valence-electron chi connectivity index (χ1n) is 13.7. The number of rotatable bonds is 8. The Balaban J connectivity index is 0.00000210. The van der Waals surface area contributed by atoms with Gasteiger partial charge in [-0.15, -0.1) is 24.8 Å². The molecule has 210 valence electrons. The molecule has 0 atom stereocenters. The SMILES string of the molecule is Cl.Cl.Nc1cccc(CN2CCC(CCC(=O)c3ccc4c(c3)CN(Cc3ccc(F)cc3)CCC4)CC2)c1. The van der Waals surface area contributed by atoms with Gasteiger partial charge in [0.05, 0.1) is 0 Å². The Labute approximate surface area is 244 Å². The van der Waals surface area contributed by atoms with E-state index < -0.39 is 0 Å². The fourth-order valence-corrected chi connectivity index (χ4v) is 5.85. The summed E-state index contributed by atoms with van der Waals surface area (Å²) in [6.45, 7) is 5.75. The minimum Gasteiger partial charge on any atom is -0.399 e. The number of hydrogen-bond acceptors (Lipinski definition) is 4. The van der Waals surface area contributed by atoms with Crippen molar-refractivity contribution in [1.29, 1.82) is 0 Å². The van der Waals surface area contributed by atoms with Gasteiger partial charge in [0.25, 0.3) is 0 Å². The number of nitrogens with two attached hydrogens (primary N) is 1. The molecule has 0 aromatic heterocycles. The van der Waals surface area contributed by atoms with Gasteiger partial charge in [-0.25, -0.2) is 4.39 Å². The third kappa shape index (κ3) is 8.77. The Morgan fingerprint density at radius 2 is 1.59 bits per heavy atom. The number of ketones is 1. The largest absolute Gasteiger partial charge is 0.399 e. The fourth-order valence-electron chi connectivity index (χ4n) is 5.85. The Morgan fingerprint density at radius 1 is 0.846 bits per heavy atom. The summed E-state index contributed by atoms with van der Waals surface area (Å²) in [5.41, 5.74) is 12.6. The maximum absolute atomic E-state index is 13.3. The molecule has 0 amide bonds. The van der Waals surface area contributed by atoms with Crippen molar-refractivity contribution in [3.05, 3.63) is 100 Å². The zero-order valence-electron chi connectivity index (χ0n) is 22.5. The molecule has 1 saturated heterocycles. The number of benzene rings is 3. The van der Waals surface area contributed by atoms with Crippen molar-refractivity contribution in [3.8, 4) is 0 Å². The average Bonchev–Trinajstić information content (AvgIpc) is 3.10. The van der Waals surface area contributed by atoms with Gasteiger partial charge in [0.1, 0.15) is 5.82 Å². The van der Waals surface area contributed by atoms with Crippen LogP contribution in [0.15, 0.2) is 66.7 Å². The first kappa shape index (κ1) is 31.1. The smallest absolute Gasteiger partial charge is 0.162 e. The first-order chi connectivity index (χ1) is 18.0. The number of carbonyl (C=O) groups is 1. The summed E-state index contributed by atoms with van der Waals surface area (Å²) in [6.07, 6.45) is 6.03. The van der Waals surface area contributed by atoms with E-state index >= 15 is 0 Å². The second-order valence-electron chi connectivity index (χ2n) is 10.9. The molecule has 0 saturated carbocycles. The maximum Gasteiger partial charge on any atom is 0.162 e. The molecule has 3 aromatic rings. The summed E-state index contributed by atoms with van der Waals surface area (Å²) in [5, 5.41) is 0. The van der Waals surface area contributed by atoms with E-state index in [9.17, 15) is 9.18 Å². The molecule has 5 rings (SSSR count). The number of hydrogen-bond donors (Lipinski definition) is 1. The zero-order chi connectivity index (χ0) is 25.6. The highest BCUT2D eigenvalue weighted by Crippen LogP contribution is 2.26. The lowest BCUT2D eigenvalue weighted by Crippen LogP contribution is -2.33. The van der Waals surface area contributed by atoms with Crippen LogP contribution < -0.4 is 5.73 Å². The number of fused-ring (bicyclic) bond motifs is 1. The standard InChI is InChI=1S/C32H38FN3O.2ClH/c33-30-11-6-25(7-12-30)21-36-16-2-4-27-9-10-28(20-29(27)23-36)32(37)13-8-24-14-17-35(18-15-24)22-26-3-1-5-31(34)19-26;;/h1,3,5-7,9-12,19-20,24H,2,4,8,13-18,21-23,34H2;2*1H. The highest BCUT2D eigenvalue weighted by Gasteiger charge is 2.21. The van der Waals surface area contributed by atoms with Crippen LogP contribution in [0, 0.1) is 11.7 Å². The van der Waals surface area contributed by atoms with Gasteiger partial charge < -0.3 is 5.73 Å². The number of anilines is 1. The van der Waals surface area contributed by atoms with Crippen LogP contribution in [0.4, 0.5) is 10.1 Å². The van der Waals surface area contributed by atoms with Crippen LogP contribution in [0.1, 0.15) is 64.7 Å². The molecular formula is C32H40Cl2FN3O. The van der Waals surface area contributed by atoms with Gasteiger partial charge in [-0.2, -0.15) is 0 Å². The second kappa shape index (κ2) is 14.8. The van der Waals surface area contributed by atoms with Crippen LogP contribution in [0.5, 0.6) is 0 Å². The molecule has 0 radical (unpaired) electrons. The summed E-state index contributed by atoms with van der Waals surface area (Å²) in [5.74, 6) is 0.684. The zero-order valence-corrected chi connectivity index (χ0v) is 24.1. The van der Waals surface area contributed by atoms with Crippen molar-refractivity contribution in [2.75, 3.05) is 25.4 Å². The predicted molar refractivity (Wildman–Crippen MR) is 162 cm³/mol. The quantitative estimate of drug-likeness (QED) is 0.232. The van der Waals surface area contributed by atoms with Gasteiger partial charge in [0.15, 0.2) is 5.78 Å². The summed E-state index contributed by atoms with van der Waals surface area (Å²) in [7, 11) is 0. The number of aryl methyl sites for hydroxylation is 1. The molecule has 0 bridgehead atoms. The van der Waals surface area contributed by atoms with Gasteiger partial charge in [-0.05, 0) is 110 Å². The number of nitrogens with zero attached hydrogens (tertiary/aromatic N) is 2. The van der Waals surface area contributed by atoms with Gasteiger partial charge in [0, 0.05) is 37.3 Å². The topological polar surface area (TPSA) is 49.6 Å². The van der Waals surface area contributed by atoms with Gasteiger partial charge >= 0.3 is 0 Å². The van der Waals surface area contributed by atoms with Gasteiger partial charge in [-0.3, -0.25) is 14.6 Å². The summed E-state index contributed by atoms with van der Waals surface area (Å²) >= 11 is 0. The molecule has 2 aliphatic heterocycles. The lowest BCUT2D eigenvalue weighted by atomic mass is 9.89. The maximum atomic E-state index is 13.3. The number of likely N-dealkylation sites (tertiary alicyclic amines) is 1. The Bertz CT molecular complexity index is 1210. The predicted octanol–water partition coefficient (Wildman–Crippen LogP) is 7.08. The van der Waals surface area contributed by atoms with Crippen molar-refractivity contribution >= 4 is 36.3 Å². The molecule has 4 nitrogen and oxygen atoms in total. The molecule has 2 aliphatic rings. The molecule has 2 heterocycles. The summed E-state index contributed by atoms with van der Waals surface area (Å²) in [6, 6.07) is 21.3. The van der Waals surface area contributed by atoms with Crippen LogP contribution in [-0.4, -0.2) is 35.2 Å². The molecule has 2 N–H and O–H groups in total. The average molecular weight is 573 g/mol. The monoisotopic (exact) mass is 571 g/mol. The van der Waals surface area contributed by atoms with E-state index in [0.717, 1.165) is 88.2 Å². The van der Waals surface area contributed by atoms with E-state index in [0.29, 0.717) is 12.3 Å². The molecule has 0 aliphatic carbocycles. The van der Waals surface area contributed by atoms with Crippen LogP contribution in [-0.2, 0) is 26.1 Å². The number of nitrogen functional groups attached to an aromatic ring is 1. The van der Waals surface area contributed by atoms with E-state index in [1.807, 2.05) is 30.3 Å². The van der Waals surface area contributed by atoms with E-state index in [1.54, 1.807) is 0 Å². The third-order valence-corrected chi connectivity index (χ3v) is 8.01. The third-order valence-electron chi connectivity index (χ3n) is 8.01. The lowest BCUT2D eigenvalue weighted by molar-refractivity contribution is 0.0961. The minimum absolute atomic E-state index is 0. The number of Topliss-reactive ketones (excluding diaryl/α,β-unsaturated/α-hetero) is 1. The molecule has 39 heavy (non-hydrogen) atoms. The van der Waals surface area contributed by atoms with Crippen LogP contribution in [0.25, 0.3) is 0 Å². The van der Waals surface area contributed by atoms with E-state index in [4.69, 9.17) is 5.73 Å². The Hall–Kier alpha value is -2.44. The highest BCUT2D eigenvalue weighted by molar-refractivity contribution is 5.96. The molecule has 0 spiro atoms. The normalized spacial score (nSPS) is 16.4. The second-order valence-corrected chi connectivity index (χ2v) is 10.9. The fraction of sp³-hybridized carbons (Fsp3) is 0.406. The van der Waals surface area contributed by atoms with E-state index in [2.05, 4.69) is 34.1 Å². The van der Waals surface area contributed by atoms with Gasteiger partial charge in [0.2, 0.25) is 0 Å². The van der Waals surface area contributed by atoms with Crippen molar-refractivity contribution in [2.45, 2.75) is 58.2 Å². The Kier molecular flexibility index (Phi) is 11.8. The summed E-state index contributed by atoms with van der Waals surface area (Å²) in [4.78, 5) is 18.0. The van der Waals surface area contributed by atoms with Crippen LogP contribution in [0.2, 0.25) is 0 Å². The molecule has 3 aromatic carbocycles. The molecular weight excluding hydrogens is 532 g/mol. The van der Waals surface area contributed by atoms with E-state index in [-0.39, 0.29) is 36.4 Å². The number of carbonyl (C=O) groups excluding carboxylic acids is 1. The Morgan fingerprint density at radius 3 is 2.33 bits per heavy atom. The number of halogens is 3. The van der Waals surface area contributed by atoms with Crippen molar-refractivity contribution in [3.63, 3.8) is 0 Å². The lowest BCUT2D eigenvalue weighted by Gasteiger charge is -2.32. The van der Waals surface area contributed by atoms with Crippen molar-refractivity contribution in [2.24, 2.45) is 5.92 Å². The first-order valence-corrected chi connectivity index (χ1v) is 13.7. The molecule has 0 unspecified atom stereocenters. The summed E-state index contributed by atoms with van der Waals surface area (Å²) < 4.78 is 13.3. The molecule has 1 fully saturated rings. The van der Waals surface area contributed by atoms with Crippen molar-refractivity contribution < 1.29 is 9.18 Å². The van der Waals surface area contributed by atoms with Gasteiger partial charge in [-0.1, -0.05) is 36.4 Å². The minimum atomic E-state index is -0.198. The van der Waals surface area contributed by atoms with Crippen LogP contribution >= 0.6 is 24.8 Å². The number of piperidine rings is 1. The van der Waals surface area contributed by atoms with Crippen LogP contribution in [0.3, 0.4) is 0 Å². The van der Waals surface area contributed by atoms with E-state index in [1.165, 1.54) is 28.8 Å². The van der Waals surface area contributed by atoms with Crippen molar-refractivity contribution in [1.82, 2.24) is 9.80 Å². The molecule has 7 heteroatoms.